The Morgan fingerprint density at radius 3 is 2.65 bits per heavy atom. The quantitative estimate of drug-likeness (QED) is 0.894. The molecule has 1 aliphatic heterocycles. The van der Waals surface area contributed by atoms with Gasteiger partial charge in [0.15, 0.2) is 0 Å². The minimum absolute atomic E-state index is 0.0647. The summed E-state index contributed by atoms with van der Waals surface area (Å²) in [6.45, 7) is -0.0647. The van der Waals surface area contributed by atoms with Crippen LogP contribution in [-0.4, -0.2) is 18.4 Å². The summed E-state index contributed by atoms with van der Waals surface area (Å²) in [4.78, 5) is 25.6. The van der Waals surface area contributed by atoms with Gasteiger partial charge in [-0.25, -0.2) is 0 Å². The van der Waals surface area contributed by atoms with E-state index in [9.17, 15) is 9.59 Å². The van der Waals surface area contributed by atoms with E-state index in [1.807, 2.05) is 0 Å². The SMILES string of the molecule is NC(=O)CN1c2ccccc2C(=O)N[C@@H]1c1cccc(Cl)c1Cl. The molecule has 0 saturated carbocycles. The fourth-order valence-electron chi connectivity index (χ4n) is 2.66. The first kappa shape index (κ1) is 15.6. The lowest BCUT2D eigenvalue weighted by Gasteiger charge is -2.38. The van der Waals surface area contributed by atoms with E-state index in [2.05, 4.69) is 5.32 Å². The van der Waals surface area contributed by atoms with Gasteiger partial charge in [0, 0.05) is 5.56 Å². The Kier molecular flexibility index (Phi) is 4.15. The highest BCUT2D eigenvalue weighted by atomic mass is 35.5. The van der Waals surface area contributed by atoms with Gasteiger partial charge in [-0.05, 0) is 18.2 Å². The molecule has 0 aromatic heterocycles. The molecule has 0 spiro atoms. The van der Waals surface area contributed by atoms with Crippen LogP contribution in [0.1, 0.15) is 22.1 Å². The highest BCUT2D eigenvalue weighted by Crippen LogP contribution is 2.37. The molecule has 23 heavy (non-hydrogen) atoms. The third-order valence-electron chi connectivity index (χ3n) is 3.64. The minimum atomic E-state index is -0.629. The highest BCUT2D eigenvalue weighted by molar-refractivity contribution is 6.42. The zero-order valence-electron chi connectivity index (χ0n) is 11.9. The van der Waals surface area contributed by atoms with E-state index >= 15 is 0 Å². The molecule has 2 amide bonds. The second-order valence-electron chi connectivity index (χ2n) is 5.13. The maximum absolute atomic E-state index is 12.4. The van der Waals surface area contributed by atoms with Crippen molar-refractivity contribution < 1.29 is 9.59 Å². The lowest BCUT2D eigenvalue weighted by Crippen LogP contribution is -2.49. The fraction of sp³-hybridized carbons (Fsp3) is 0.125. The predicted octanol–water partition coefficient (Wildman–Crippen LogP) is 2.73. The van der Waals surface area contributed by atoms with Crippen molar-refractivity contribution in [1.82, 2.24) is 5.32 Å². The molecule has 3 N–H and O–H groups in total. The summed E-state index contributed by atoms with van der Waals surface area (Å²) in [6, 6.07) is 12.1. The monoisotopic (exact) mass is 349 g/mol. The lowest BCUT2D eigenvalue weighted by atomic mass is 10.0. The molecule has 0 radical (unpaired) electrons. The molecule has 0 fully saturated rings. The highest BCUT2D eigenvalue weighted by Gasteiger charge is 2.33. The van der Waals surface area contributed by atoms with Crippen LogP contribution >= 0.6 is 23.2 Å². The molecule has 2 aromatic rings. The Bertz CT molecular complexity index is 795. The fourth-order valence-corrected chi connectivity index (χ4v) is 3.07. The predicted molar refractivity (Wildman–Crippen MR) is 89.7 cm³/mol. The van der Waals surface area contributed by atoms with Gasteiger partial charge in [0.05, 0.1) is 27.8 Å². The van der Waals surface area contributed by atoms with Gasteiger partial charge in [0.1, 0.15) is 6.17 Å². The number of nitrogens with two attached hydrogens (primary N) is 1. The second kappa shape index (κ2) is 6.10. The number of nitrogens with one attached hydrogen (secondary N) is 1. The number of primary amides is 1. The third-order valence-corrected chi connectivity index (χ3v) is 4.47. The smallest absolute Gasteiger partial charge is 0.255 e. The molecule has 5 nitrogen and oxygen atoms in total. The Morgan fingerprint density at radius 1 is 1.17 bits per heavy atom. The standard InChI is InChI=1S/C16H13Cl2N3O2/c17-11-6-3-5-10(14(11)18)15-20-16(23)9-4-1-2-7-12(9)21(15)8-13(19)22/h1-7,15H,8H2,(H2,19,22)(H,20,23)/t15-/m0/s1. The molecule has 0 aliphatic carbocycles. The number of rotatable bonds is 3. The molecule has 0 bridgehead atoms. The number of carbonyl (C=O) groups is 2. The van der Waals surface area contributed by atoms with Crippen molar-refractivity contribution in [2.75, 3.05) is 11.4 Å². The van der Waals surface area contributed by atoms with E-state index in [1.54, 1.807) is 47.4 Å². The summed E-state index contributed by atoms with van der Waals surface area (Å²) in [5.74, 6) is -0.763. The van der Waals surface area contributed by atoms with Crippen LogP contribution in [0.15, 0.2) is 42.5 Å². The first-order valence-corrected chi connectivity index (χ1v) is 7.63. The van der Waals surface area contributed by atoms with E-state index in [1.165, 1.54) is 0 Å². The number of para-hydroxylation sites is 1. The van der Waals surface area contributed by atoms with Gasteiger partial charge in [0.2, 0.25) is 5.91 Å². The zero-order chi connectivity index (χ0) is 16.6. The van der Waals surface area contributed by atoms with E-state index in [4.69, 9.17) is 28.9 Å². The van der Waals surface area contributed by atoms with Gasteiger partial charge in [-0.3, -0.25) is 9.59 Å². The number of amides is 2. The molecule has 118 valence electrons. The third kappa shape index (κ3) is 2.85. The Hall–Kier alpha value is -2.24. The van der Waals surface area contributed by atoms with Crippen molar-refractivity contribution in [3.63, 3.8) is 0 Å². The van der Waals surface area contributed by atoms with Gasteiger partial charge in [-0.2, -0.15) is 0 Å². The van der Waals surface area contributed by atoms with E-state index in [-0.39, 0.29) is 12.5 Å². The van der Waals surface area contributed by atoms with Crippen LogP contribution in [0, 0.1) is 0 Å². The number of nitrogens with zero attached hydrogens (tertiary/aromatic N) is 1. The van der Waals surface area contributed by atoms with Gasteiger partial charge in [-0.1, -0.05) is 47.5 Å². The molecule has 1 aliphatic rings. The summed E-state index contributed by atoms with van der Waals surface area (Å²) < 4.78 is 0. The van der Waals surface area contributed by atoms with Crippen molar-refractivity contribution in [3.05, 3.63) is 63.6 Å². The molecular weight excluding hydrogens is 337 g/mol. The first-order valence-electron chi connectivity index (χ1n) is 6.88. The topological polar surface area (TPSA) is 75.4 Å². The summed E-state index contributed by atoms with van der Waals surface area (Å²) in [5.41, 5.74) is 7.07. The average Bonchev–Trinajstić information content (AvgIpc) is 2.52. The second-order valence-corrected chi connectivity index (χ2v) is 5.92. The van der Waals surface area contributed by atoms with E-state index in [0.717, 1.165) is 0 Å². The van der Waals surface area contributed by atoms with Gasteiger partial charge in [0.25, 0.3) is 5.91 Å². The largest absolute Gasteiger partial charge is 0.368 e. The Labute approximate surface area is 143 Å². The number of carbonyl (C=O) groups excluding carboxylic acids is 2. The molecule has 1 heterocycles. The number of benzene rings is 2. The molecular formula is C16H13Cl2N3O2. The van der Waals surface area contributed by atoms with E-state index in [0.29, 0.717) is 26.9 Å². The van der Waals surface area contributed by atoms with Crippen molar-refractivity contribution >= 4 is 40.7 Å². The maximum Gasteiger partial charge on any atom is 0.255 e. The summed E-state index contributed by atoms with van der Waals surface area (Å²) in [6.07, 6.45) is -0.629. The van der Waals surface area contributed by atoms with Crippen molar-refractivity contribution in [2.45, 2.75) is 6.17 Å². The summed E-state index contributed by atoms with van der Waals surface area (Å²) in [7, 11) is 0. The van der Waals surface area contributed by atoms with Crippen LogP contribution in [0.25, 0.3) is 0 Å². The molecule has 0 unspecified atom stereocenters. The lowest BCUT2D eigenvalue weighted by molar-refractivity contribution is -0.116. The molecule has 7 heteroatoms. The van der Waals surface area contributed by atoms with Crippen LogP contribution in [0.3, 0.4) is 0 Å². The van der Waals surface area contributed by atoms with Gasteiger partial charge in [-0.15, -0.1) is 0 Å². The van der Waals surface area contributed by atoms with Crippen molar-refractivity contribution in [3.8, 4) is 0 Å². The number of fused-ring (bicyclic) bond motifs is 1. The van der Waals surface area contributed by atoms with Gasteiger partial charge < -0.3 is 16.0 Å². The number of halogens is 2. The molecule has 1 atom stereocenters. The summed E-state index contributed by atoms with van der Waals surface area (Å²) >= 11 is 12.3. The van der Waals surface area contributed by atoms with Crippen molar-refractivity contribution in [1.29, 1.82) is 0 Å². The molecule has 3 rings (SSSR count). The van der Waals surface area contributed by atoms with E-state index < -0.39 is 12.1 Å². The first-order chi connectivity index (χ1) is 11.0. The number of hydrogen-bond acceptors (Lipinski definition) is 3. The minimum Gasteiger partial charge on any atom is -0.368 e. The normalized spacial score (nSPS) is 16.7. The number of hydrogen-bond donors (Lipinski definition) is 2. The zero-order valence-corrected chi connectivity index (χ0v) is 13.4. The Balaban J connectivity index is 2.14. The van der Waals surface area contributed by atoms with Crippen LogP contribution < -0.4 is 16.0 Å². The van der Waals surface area contributed by atoms with Crippen LogP contribution in [0.2, 0.25) is 10.0 Å². The Morgan fingerprint density at radius 2 is 1.91 bits per heavy atom. The molecule has 0 saturated heterocycles. The van der Waals surface area contributed by atoms with Crippen LogP contribution in [0.4, 0.5) is 5.69 Å². The van der Waals surface area contributed by atoms with Crippen molar-refractivity contribution in [2.24, 2.45) is 5.73 Å². The van der Waals surface area contributed by atoms with Crippen LogP contribution in [0.5, 0.6) is 0 Å². The van der Waals surface area contributed by atoms with Crippen LogP contribution in [-0.2, 0) is 4.79 Å². The molecule has 2 aromatic carbocycles. The average molecular weight is 350 g/mol. The van der Waals surface area contributed by atoms with Gasteiger partial charge >= 0.3 is 0 Å². The summed E-state index contributed by atoms with van der Waals surface area (Å²) in [5, 5.41) is 3.55. The number of anilines is 1. The maximum atomic E-state index is 12.4.